The van der Waals surface area contributed by atoms with E-state index in [1.165, 1.54) is 0 Å². The van der Waals surface area contributed by atoms with Crippen LogP contribution in [0.1, 0.15) is 25.3 Å². The van der Waals surface area contributed by atoms with Crippen LogP contribution in [-0.4, -0.2) is 37.6 Å². The zero-order chi connectivity index (χ0) is 14.4. The lowest BCUT2D eigenvalue weighted by molar-refractivity contribution is -0.126. The largest absolute Gasteiger partial charge is 0.494 e. The summed E-state index contributed by atoms with van der Waals surface area (Å²) >= 11 is 0. The number of nitrogens with one attached hydrogen (secondary N) is 1. The van der Waals surface area contributed by atoms with Gasteiger partial charge in [-0.05, 0) is 57.6 Å². The molecule has 0 atom stereocenters. The molecule has 0 aromatic heterocycles. The van der Waals surface area contributed by atoms with Crippen LogP contribution < -0.4 is 10.1 Å². The van der Waals surface area contributed by atoms with Crippen molar-refractivity contribution in [2.45, 2.75) is 26.3 Å². The summed E-state index contributed by atoms with van der Waals surface area (Å²) in [6, 6.07) is 7.89. The van der Waals surface area contributed by atoms with Crippen LogP contribution in [0.2, 0.25) is 0 Å². The third-order valence-corrected chi connectivity index (χ3v) is 3.77. The Morgan fingerprint density at radius 2 is 2.15 bits per heavy atom. The Morgan fingerprint density at radius 1 is 1.40 bits per heavy atom. The van der Waals surface area contributed by atoms with E-state index in [1.807, 2.05) is 31.2 Å². The van der Waals surface area contributed by atoms with Gasteiger partial charge in [0.1, 0.15) is 5.75 Å². The van der Waals surface area contributed by atoms with Crippen LogP contribution >= 0.6 is 0 Å². The first-order valence-corrected chi connectivity index (χ1v) is 7.37. The number of benzene rings is 1. The van der Waals surface area contributed by atoms with Crippen molar-refractivity contribution in [3.63, 3.8) is 0 Å². The molecule has 1 aliphatic rings. The first-order valence-electron chi connectivity index (χ1n) is 7.37. The highest BCUT2D eigenvalue weighted by Gasteiger charge is 2.22. The second-order valence-corrected chi connectivity index (χ2v) is 5.38. The molecule has 2 rings (SSSR count). The average molecular weight is 276 g/mol. The van der Waals surface area contributed by atoms with Crippen LogP contribution in [-0.2, 0) is 11.3 Å². The fourth-order valence-electron chi connectivity index (χ4n) is 2.52. The Kier molecular flexibility index (Phi) is 5.41. The number of amides is 1. The van der Waals surface area contributed by atoms with Crippen LogP contribution in [0.25, 0.3) is 0 Å². The fourth-order valence-corrected chi connectivity index (χ4v) is 2.52. The van der Waals surface area contributed by atoms with Gasteiger partial charge in [0.2, 0.25) is 5.91 Å². The van der Waals surface area contributed by atoms with E-state index in [4.69, 9.17) is 4.74 Å². The van der Waals surface area contributed by atoms with Crippen molar-refractivity contribution in [3.05, 3.63) is 29.8 Å². The molecule has 0 bridgehead atoms. The molecule has 1 amide bonds. The maximum absolute atomic E-state index is 12.1. The molecule has 0 radical (unpaired) electrons. The molecule has 1 aromatic rings. The van der Waals surface area contributed by atoms with Gasteiger partial charge in [0.15, 0.2) is 0 Å². The van der Waals surface area contributed by atoms with Gasteiger partial charge in [0.25, 0.3) is 0 Å². The van der Waals surface area contributed by atoms with E-state index < -0.39 is 0 Å². The molecule has 4 nitrogen and oxygen atoms in total. The van der Waals surface area contributed by atoms with E-state index in [0.29, 0.717) is 13.2 Å². The summed E-state index contributed by atoms with van der Waals surface area (Å²) in [5.41, 5.74) is 1.08. The quantitative estimate of drug-likeness (QED) is 0.895. The number of carbonyl (C=O) groups is 1. The Labute approximate surface area is 121 Å². The molecule has 0 spiro atoms. The molecule has 1 saturated heterocycles. The summed E-state index contributed by atoms with van der Waals surface area (Å²) in [6.07, 6.45) is 1.92. The number of nitrogens with zero attached hydrogens (tertiary/aromatic N) is 1. The zero-order valence-corrected chi connectivity index (χ0v) is 12.4. The lowest BCUT2D eigenvalue weighted by Gasteiger charge is -2.28. The summed E-state index contributed by atoms with van der Waals surface area (Å²) in [7, 11) is 2.10. The van der Waals surface area contributed by atoms with E-state index in [-0.39, 0.29) is 11.8 Å². The molecule has 1 aliphatic heterocycles. The van der Waals surface area contributed by atoms with E-state index in [2.05, 4.69) is 17.3 Å². The van der Waals surface area contributed by atoms with Gasteiger partial charge in [-0.3, -0.25) is 4.79 Å². The van der Waals surface area contributed by atoms with Gasteiger partial charge in [-0.25, -0.2) is 0 Å². The molecule has 0 aliphatic carbocycles. The molecule has 110 valence electrons. The fraction of sp³-hybridized carbons (Fsp3) is 0.562. The van der Waals surface area contributed by atoms with Gasteiger partial charge >= 0.3 is 0 Å². The molecule has 4 heteroatoms. The molecule has 1 aromatic carbocycles. The predicted octanol–water partition coefficient (Wildman–Crippen LogP) is 2.04. The first kappa shape index (κ1) is 14.9. The van der Waals surface area contributed by atoms with Crippen molar-refractivity contribution in [2.24, 2.45) is 5.92 Å². The lowest BCUT2D eigenvalue weighted by atomic mass is 9.96. The molecule has 1 heterocycles. The molecule has 0 saturated carbocycles. The van der Waals surface area contributed by atoms with Crippen LogP contribution in [0.4, 0.5) is 0 Å². The Bertz CT molecular complexity index is 440. The average Bonchev–Trinajstić information content (AvgIpc) is 2.46. The van der Waals surface area contributed by atoms with Gasteiger partial charge in [-0.1, -0.05) is 12.1 Å². The van der Waals surface area contributed by atoms with Crippen molar-refractivity contribution in [2.75, 3.05) is 26.7 Å². The van der Waals surface area contributed by atoms with Crippen LogP contribution in [0.3, 0.4) is 0 Å². The molecule has 1 N–H and O–H groups in total. The number of carbonyl (C=O) groups excluding carboxylic acids is 1. The first-order chi connectivity index (χ1) is 9.69. The maximum atomic E-state index is 12.1. The molecule has 1 fully saturated rings. The highest BCUT2D eigenvalue weighted by atomic mass is 16.5. The SMILES string of the molecule is CCOc1cccc(CNC(=O)C2CCN(C)CC2)c1. The van der Waals surface area contributed by atoms with Gasteiger partial charge in [0.05, 0.1) is 6.61 Å². The van der Waals surface area contributed by atoms with E-state index in [9.17, 15) is 4.79 Å². The normalized spacial score (nSPS) is 16.9. The highest BCUT2D eigenvalue weighted by molar-refractivity contribution is 5.78. The van der Waals surface area contributed by atoms with E-state index >= 15 is 0 Å². The number of hydrogen-bond donors (Lipinski definition) is 1. The van der Waals surface area contributed by atoms with Crippen molar-refractivity contribution in [3.8, 4) is 5.75 Å². The van der Waals surface area contributed by atoms with Gasteiger partial charge in [-0.2, -0.15) is 0 Å². The second kappa shape index (κ2) is 7.29. The number of rotatable bonds is 5. The Morgan fingerprint density at radius 3 is 2.85 bits per heavy atom. The van der Waals surface area contributed by atoms with Gasteiger partial charge < -0.3 is 15.0 Å². The number of piperidine rings is 1. The minimum atomic E-state index is 0.168. The van der Waals surface area contributed by atoms with Crippen LogP contribution in [0, 0.1) is 5.92 Å². The smallest absolute Gasteiger partial charge is 0.223 e. The Hall–Kier alpha value is -1.55. The molecule has 0 unspecified atom stereocenters. The van der Waals surface area contributed by atoms with E-state index in [0.717, 1.165) is 37.2 Å². The standard InChI is InChI=1S/C16H24N2O2/c1-3-20-15-6-4-5-13(11-15)12-17-16(19)14-7-9-18(2)10-8-14/h4-6,11,14H,3,7-10,12H2,1-2H3,(H,17,19). The van der Waals surface area contributed by atoms with Crippen molar-refractivity contribution in [1.82, 2.24) is 10.2 Å². The van der Waals surface area contributed by atoms with E-state index in [1.54, 1.807) is 0 Å². The number of likely N-dealkylation sites (tertiary alicyclic amines) is 1. The summed E-state index contributed by atoms with van der Waals surface area (Å²) < 4.78 is 5.46. The van der Waals surface area contributed by atoms with Crippen LogP contribution in [0.15, 0.2) is 24.3 Å². The van der Waals surface area contributed by atoms with Gasteiger partial charge in [0, 0.05) is 12.5 Å². The molecule has 20 heavy (non-hydrogen) atoms. The third kappa shape index (κ3) is 4.23. The number of ether oxygens (including phenoxy) is 1. The third-order valence-electron chi connectivity index (χ3n) is 3.77. The molecular formula is C16H24N2O2. The monoisotopic (exact) mass is 276 g/mol. The predicted molar refractivity (Wildman–Crippen MR) is 79.7 cm³/mol. The van der Waals surface area contributed by atoms with Crippen molar-refractivity contribution < 1.29 is 9.53 Å². The number of hydrogen-bond acceptors (Lipinski definition) is 3. The van der Waals surface area contributed by atoms with Crippen LogP contribution in [0.5, 0.6) is 5.75 Å². The minimum absolute atomic E-state index is 0.168. The minimum Gasteiger partial charge on any atom is -0.494 e. The maximum Gasteiger partial charge on any atom is 0.223 e. The zero-order valence-electron chi connectivity index (χ0n) is 12.4. The summed E-state index contributed by atoms with van der Waals surface area (Å²) in [5.74, 6) is 1.21. The summed E-state index contributed by atoms with van der Waals surface area (Å²) in [4.78, 5) is 14.4. The topological polar surface area (TPSA) is 41.6 Å². The highest BCUT2D eigenvalue weighted by Crippen LogP contribution is 2.17. The van der Waals surface area contributed by atoms with Crippen molar-refractivity contribution >= 4 is 5.91 Å². The summed E-state index contributed by atoms with van der Waals surface area (Å²) in [6.45, 7) is 5.22. The lowest BCUT2D eigenvalue weighted by Crippen LogP contribution is -2.38. The summed E-state index contributed by atoms with van der Waals surface area (Å²) in [5, 5.41) is 3.04. The second-order valence-electron chi connectivity index (χ2n) is 5.38. The van der Waals surface area contributed by atoms with Gasteiger partial charge in [-0.15, -0.1) is 0 Å². The Balaban J connectivity index is 1.82. The van der Waals surface area contributed by atoms with Crippen molar-refractivity contribution in [1.29, 1.82) is 0 Å². The molecular weight excluding hydrogens is 252 g/mol.